The number of amides is 1. The second-order valence-electron chi connectivity index (χ2n) is 6.93. The van der Waals surface area contributed by atoms with Crippen LogP contribution in [0.1, 0.15) is 11.1 Å². The van der Waals surface area contributed by atoms with Crippen LogP contribution in [-0.4, -0.2) is 40.6 Å². The SMILES string of the molecule is C=CCn1c(SCC(=O)Nc2ccc(C)cc2C)nnc1-c1ccc(OC)c(OC)c1. The van der Waals surface area contributed by atoms with E-state index in [1.165, 1.54) is 11.8 Å². The Hall–Kier alpha value is -3.26. The van der Waals surface area contributed by atoms with Gasteiger partial charge in [-0.3, -0.25) is 9.36 Å². The molecular weight excluding hydrogens is 412 g/mol. The van der Waals surface area contributed by atoms with Crippen LogP contribution < -0.4 is 14.8 Å². The third-order valence-electron chi connectivity index (χ3n) is 4.66. The molecule has 162 valence electrons. The van der Waals surface area contributed by atoms with Crippen LogP contribution in [-0.2, 0) is 11.3 Å². The lowest BCUT2D eigenvalue weighted by Gasteiger charge is -2.11. The highest BCUT2D eigenvalue weighted by molar-refractivity contribution is 7.99. The van der Waals surface area contributed by atoms with Crippen LogP contribution in [0.25, 0.3) is 11.4 Å². The van der Waals surface area contributed by atoms with Crippen LogP contribution in [0.15, 0.2) is 54.2 Å². The Morgan fingerprint density at radius 2 is 1.90 bits per heavy atom. The van der Waals surface area contributed by atoms with E-state index < -0.39 is 0 Å². The number of nitrogens with zero attached hydrogens (tertiary/aromatic N) is 3. The molecule has 1 amide bonds. The number of carbonyl (C=O) groups excluding carboxylic acids is 1. The quantitative estimate of drug-likeness (QED) is 0.392. The van der Waals surface area contributed by atoms with E-state index in [0.29, 0.717) is 29.0 Å². The molecule has 0 saturated heterocycles. The molecule has 3 aromatic rings. The van der Waals surface area contributed by atoms with Crippen molar-refractivity contribution in [1.29, 1.82) is 0 Å². The van der Waals surface area contributed by atoms with E-state index in [2.05, 4.69) is 22.1 Å². The largest absolute Gasteiger partial charge is 0.493 e. The Kier molecular flexibility index (Phi) is 7.36. The van der Waals surface area contributed by atoms with E-state index in [0.717, 1.165) is 22.4 Å². The lowest BCUT2D eigenvalue weighted by molar-refractivity contribution is -0.113. The van der Waals surface area contributed by atoms with Crippen molar-refractivity contribution in [2.75, 3.05) is 25.3 Å². The molecule has 1 heterocycles. The second kappa shape index (κ2) is 10.2. The summed E-state index contributed by atoms with van der Waals surface area (Å²) in [5.41, 5.74) is 3.84. The summed E-state index contributed by atoms with van der Waals surface area (Å²) in [5.74, 6) is 2.03. The summed E-state index contributed by atoms with van der Waals surface area (Å²) in [4.78, 5) is 12.5. The van der Waals surface area contributed by atoms with Crippen molar-refractivity contribution in [2.45, 2.75) is 25.5 Å². The van der Waals surface area contributed by atoms with Gasteiger partial charge in [-0.15, -0.1) is 16.8 Å². The molecule has 8 heteroatoms. The molecule has 0 aliphatic carbocycles. The standard InChI is InChI=1S/C23H26N4O3S/c1-6-11-27-22(17-8-10-19(29-4)20(13-17)30-5)25-26-23(27)31-14-21(28)24-18-9-7-15(2)12-16(18)3/h6-10,12-13H,1,11,14H2,2-5H3,(H,24,28). The van der Waals surface area contributed by atoms with Gasteiger partial charge in [0.2, 0.25) is 5.91 Å². The number of benzene rings is 2. The summed E-state index contributed by atoms with van der Waals surface area (Å²) < 4.78 is 12.6. The number of carbonyl (C=O) groups is 1. The molecule has 1 N–H and O–H groups in total. The fourth-order valence-electron chi connectivity index (χ4n) is 3.15. The van der Waals surface area contributed by atoms with E-state index in [4.69, 9.17) is 9.47 Å². The number of aromatic nitrogens is 3. The van der Waals surface area contributed by atoms with E-state index >= 15 is 0 Å². The summed E-state index contributed by atoms with van der Waals surface area (Å²) in [6, 6.07) is 11.5. The minimum Gasteiger partial charge on any atom is -0.493 e. The third-order valence-corrected chi connectivity index (χ3v) is 5.63. The van der Waals surface area contributed by atoms with E-state index in [9.17, 15) is 4.79 Å². The summed E-state index contributed by atoms with van der Waals surface area (Å²) in [7, 11) is 3.18. The normalized spacial score (nSPS) is 10.6. The maximum Gasteiger partial charge on any atom is 0.234 e. The van der Waals surface area contributed by atoms with E-state index in [1.807, 2.05) is 54.8 Å². The monoisotopic (exact) mass is 438 g/mol. The number of hydrogen-bond acceptors (Lipinski definition) is 6. The highest BCUT2D eigenvalue weighted by Gasteiger charge is 2.17. The lowest BCUT2D eigenvalue weighted by Crippen LogP contribution is -2.15. The first-order chi connectivity index (χ1) is 15.0. The highest BCUT2D eigenvalue weighted by Crippen LogP contribution is 2.33. The zero-order chi connectivity index (χ0) is 22.4. The Morgan fingerprint density at radius 1 is 1.13 bits per heavy atom. The molecule has 7 nitrogen and oxygen atoms in total. The summed E-state index contributed by atoms with van der Waals surface area (Å²) in [6.07, 6.45) is 1.77. The third kappa shape index (κ3) is 5.27. The fourth-order valence-corrected chi connectivity index (χ4v) is 3.90. The van der Waals surface area contributed by atoms with Crippen LogP contribution in [0.3, 0.4) is 0 Å². The fraction of sp³-hybridized carbons (Fsp3) is 0.261. The lowest BCUT2D eigenvalue weighted by atomic mass is 10.1. The first kappa shape index (κ1) is 22.4. The zero-order valence-electron chi connectivity index (χ0n) is 18.1. The van der Waals surface area contributed by atoms with Gasteiger partial charge in [0.15, 0.2) is 22.5 Å². The Bertz CT molecular complexity index is 1090. The van der Waals surface area contributed by atoms with Gasteiger partial charge in [-0.25, -0.2) is 0 Å². The molecule has 0 unspecified atom stereocenters. The molecule has 0 radical (unpaired) electrons. The van der Waals surface area contributed by atoms with Crippen molar-refractivity contribution in [1.82, 2.24) is 14.8 Å². The first-order valence-electron chi connectivity index (χ1n) is 9.73. The number of nitrogens with one attached hydrogen (secondary N) is 1. The van der Waals surface area contributed by atoms with Gasteiger partial charge < -0.3 is 14.8 Å². The van der Waals surface area contributed by atoms with Gasteiger partial charge in [0, 0.05) is 17.8 Å². The van der Waals surface area contributed by atoms with Gasteiger partial charge in [-0.2, -0.15) is 0 Å². The molecular formula is C23H26N4O3S. The first-order valence-corrected chi connectivity index (χ1v) is 10.7. The van der Waals surface area contributed by atoms with Gasteiger partial charge in [0.05, 0.1) is 20.0 Å². The minimum atomic E-state index is -0.0993. The maximum atomic E-state index is 12.5. The zero-order valence-corrected chi connectivity index (χ0v) is 19.0. The van der Waals surface area contributed by atoms with Gasteiger partial charge in [-0.1, -0.05) is 35.5 Å². The Labute approximate surface area is 186 Å². The Morgan fingerprint density at radius 3 is 2.58 bits per heavy atom. The van der Waals surface area contributed by atoms with Crippen molar-refractivity contribution in [2.24, 2.45) is 0 Å². The predicted molar refractivity (Wildman–Crippen MR) is 124 cm³/mol. The summed E-state index contributed by atoms with van der Waals surface area (Å²) >= 11 is 1.33. The smallest absolute Gasteiger partial charge is 0.234 e. The number of aryl methyl sites for hydroxylation is 2. The van der Waals surface area contributed by atoms with Crippen LogP contribution >= 0.6 is 11.8 Å². The molecule has 2 aromatic carbocycles. The number of anilines is 1. The number of allylic oxidation sites excluding steroid dienone is 1. The Balaban J connectivity index is 1.77. The number of rotatable bonds is 9. The highest BCUT2D eigenvalue weighted by atomic mass is 32.2. The minimum absolute atomic E-state index is 0.0993. The number of thioether (sulfide) groups is 1. The average molecular weight is 439 g/mol. The van der Waals surface area contributed by atoms with Crippen molar-refractivity contribution in [3.05, 3.63) is 60.2 Å². The van der Waals surface area contributed by atoms with Gasteiger partial charge in [0.1, 0.15) is 0 Å². The number of methoxy groups -OCH3 is 2. The van der Waals surface area contributed by atoms with Crippen LogP contribution in [0.5, 0.6) is 11.5 Å². The molecule has 0 fully saturated rings. The molecule has 1 aromatic heterocycles. The van der Waals surface area contributed by atoms with Crippen molar-refractivity contribution in [3.8, 4) is 22.9 Å². The molecule has 31 heavy (non-hydrogen) atoms. The molecule has 0 atom stereocenters. The van der Waals surface area contributed by atoms with Crippen LogP contribution in [0, 0.1) is 13.8 Å². The van der Waals surface area contributed by atoms with E-state index in [1.54, 1.807) is 20.3 Å². The molecule has 3 rings (SSSR count). The van der Waals surface area contributed by atoms with Gasteiger partial charge in [-0.05, 0) is 43.7 Å². The van der Waals surface area contributed by atoms with Crippen molar-refractivity contribution >= 4 is 23.4 Å². The van der Waals surface area contributed by atoms with Crippen molar-refractivity contribution in [3.63, 3.8) is 0 Å². The predicted octanol–water partition coefficient (Wildman–Crippen LogP) is 4.50. The maximum absolute atomic E-state index is 12.5. The molecule has 0 bridgehead atoms. The summed E-state index contributed by atoms with van der Waals surface area (Å²) in [5, 5.41) is 12.2. The topological polar surface area (TPSA) is 78.3 Å². The molecule has 0 saturated carbocycles. The molecule has 0 spiro atoms. The number of ether oxygens (including phenoxy) is 2. The summed E-state index contributed by atoms with van der Waals surface area (Å²) in [6.45, 7) is 8.35. The van der Waals surface area contributed by atoms with E-state index in [-0.39, 0.29) is 11.7 Å². The second-order valence-corrected chi connectivity index (χ2v) is 7.87. The van der Waals surface area contributed by atoms with Crippen molar-refractivity contribution < 1.29 is 14.3 Å². The molecule has 0 aliphatic heterocycles. The van der Waals surface area contributed by atoms with Gasteiger partial charge in [0.25, 0.3) is 0 Å². The number of hydrogen-bond donors (Lipinski definition) is 1. The van der Waals surface area contributed by atoms with Crippen LogP contribution in [0.4, 0.5) is 5.69 Å². The van der Waals surface area contributed by atoms with Crippen LogP contribution in [0.2, 0.25) is 0 Å². The average Bonchev–Trinajstić information content (AvgIpc) is 3.16. The molecule has 0 aliphatic rings. The van der Waals surface area contributed by atoms with Gasteiger partial charge >= 0.3 is 0 Å².